The average molecular weight is 300 g/mol. The third kappa shape index (κ3) is 6.33. The van der Waals surface area contributed by atoms with Crippen LogP contribution >= 0.6 is 0 Å². The smallest absolute Gasteiger partial charge is 0.226 e. The van der Waals surface area contributed by atoms with Crippen LogP contribution in [-0.4, -0.2) is 11.6 Å². The Bertz CT molecular complexity index is 534. The van der Waals surface area contributed by atoms with Crippen LogP contribution in [0.15, 0.2) is 23.7 Å². The molecule has 0 saturated carbocycles. The molecule has 0 saturated heterocycles. The summed E-state index contributed by atoms with van der Waals surface area (Å²) in [5, 5.41) is 0. The number of carbonyl (C=O) groups excluding carboxylic acids is 2. The van der Waals surface area contributed by atoms with Gasteiger partial charge in [0.05, 0.1) is 0 Å². The van der Waals surface area contributed by atoms with Gasteiger partial charge in [-0.05, 0) is 12.8 Å². The average Bonchev–Trinajstić information content (AvgIpc) is 2.51. The van der Waals surface area contributed by atoms with Crippen molar-refractivity contribution in [1.29, 1.82) is 0 Å². The van der Waals surface area contributed by atoms with Gasteiger partial charge in [-0.15, -0.1) is 0 Å². The quantitative estimate of drug-likeness (QED) is 0.429. The van der Waals surface area contributed by atoms with Crippen LogP contribution in [0.1, 0.15) is 52.4 Å². The Balaban J connectivity index is 2.54. The van der Waals surface area contributed by atoms with E-state index in [-0.39, 0.29) is 11.5 Å². The topological polar surface area (TPSA) is 52.6 Å². The van der Waals surface area contributed by atoms with Gasteiger partial charge in [0.25, 0.3) is 0 Å². The van der Waals surface area contributed by atoms with E-state index in [9.17, 15) is 9.59 Å². The number of hydrogen-bond acceptors (Lipinski definition) is 4. The lowest BCUT2D eigenvalue weighted by molar-refractivity contribution is -0.118. The lowest BCUT2D eigenvalue weighted by atomic mass is 10.1. The van der Waals surface area contributed by atoms with Crippen LogP contribution in [0, 0.1) is 24.1 Å². The Morgan fingerprint density at radius 3 is 1.59 bits per heavy atom. The second-order valence-corrected chi connectivity index (χ2v) is 4.71. The maximum Gasteiger partial charge on any atom is 0.226 e. The molecule has 116 valence electrons. The van der Waals surface area contributed by atoms with Crippen molar-refractivity contribution in [1.82, 2.24) is 0 Å². The molecule has 1 rings (SSSR count). The number of unbranched alkanes of at least 4 members (excludes halogenated alkanes) is 4. The maximum atomic E-state index is 11.8. The van der Waals surface area contributed by atoms with E-state index in [4.69, 9.17) is 9.47 Å². The fourth-order valence-electron chi connectivity index (χ4n) is 1.50. The molecule has 4 heteroatoms. The number of carbonyl (C=O) groups is 2. The number of rotatable bonds is 6. The van der Waals surface area contributed by atoms with E-state index in [1.165, 1.54) is 0 Å². The van der Waals surface area contributed by atoms with Crippen molar-refractivity contribution in [2.45, 2.75) is 52.4 Å². The summed E-state index contributed by atoms with van der Waals surface area (Å²) in [4.78, 5) is 23.6. The molecule has 0 aromatic rings. The SMILES string of the molecule is CCCCC#COC1=CC(=O)C(OC#CCCCC)=CC1=O. The monoisotopic (exact) mass is 300 g/mol. The van der Waals surface area contributed by atoms with Crippen LogP contribution < -0.4 is 0 Å². The molecule has 1 aliphatic rings. The predicted molar refractivity (Wildman–Crippen MR) is 83.0 cm³/mol. The number of ketones is 2. The third-order valence-electron chi connectivity index (χ3n) is 2.79. The summed E-state index contributed by atoms with van der Waals surface area (Å²) in [6.45, 7) is 4.12. The van der Waals surface area contributed by atoms with Gasteiger partial charge >= 0.3 is 0 Å². The first-order valence-corrected chi connectivity index (χ1v) is 7.50. The van der Waals surface area contributed by atoms with Gasteiger partial charge in [0, 0.05) is 25.0 Å². The molecular weight excluding hydrogens is 280 g/mol. The summed E-state index contributed by atoms with van der Waals surface area (Å²) < 4.78 is 10.0. The summed E-state index contributed by atoms with van der Waals surface area (Å²) in [7, 11) is 0. The second kappa shape index (κ2) is 10.3. The lowest BCUT2D eigenvalue weighted by Crippen LogP contribution is -2.15. The molecule has 0 N–H and O–H groups in total. The molecule has 0 spiro atoms. The minimum atomic E-state index is -0.449. The van der Waals surface area contributed by atoms with Crippen LogP contribution in [0.4, 0.5) is 0 Å². The molecule has 1 aliphatic carbocycles. The van der Waals surface area contributed by atoms with Crippen LogP contribution in [0.25, 0.3) is 0 Å². The summed E-state index contributed by atoms with van der Waals surface area (Å²) in [6, 6.07) is 0. The van der Waals surface area contributed by atoms with Gasteiger partial charge in [-0.1, -0.05) is 38.5 Å². The molecule has 0 unspecified atom stereocenters. The highest BCUT2D eigenvalue weighted by atomic mass is 16.5. The first-order chi connectivity index (χ1) is 10.7. The van der Waals surface area contributed by atoms with E-state index in [0.717, 1.165) is 37.8 Å². The number of ether oxygens (including phenoxy) is 2. The first-order valence-electron chi connectivity index (χ1n) is 7.50. The first kappa shape index (κ1) is 17.6. The predicted octanol–water partition coefficient (Wildman–Crippen LogP) is 3.24. The van der Waals surface area contributed by atoms with E-state index in [2.05, 4.69) is 37.9 Å². The minimum absolute atomic E-state index is 0.0831. The Morgan fingerprint density at radius 2 is 1.23 bits per heavy atom. The molecule has 0 amide bonds. The fourth-order valence-corrected chi connectivity index (χ4v) is 1.50. The Morgan fingerprint density at radius 1 is 0.818 bits per heavy atom. The summed E-state index contributed by atoms with van der Waals surface area (Å²) in [5.74, 6) is 4.50. The fraction of sp³-hybridized carbons (Fsp3) is 0.444. The molecule has 0 fully saturated rings. The second-order valence-electron chi connectivity index (χ2n) is 4.71. The Hall–Kier alpha value is -2.46. The molecule has 0 atom stereocenters. The standard InChI is InChI=1S/C18H20O4/c1-3-5-7-9-11-21-17-13-16(20)18(14-15(17)19)22-12-10-8-6-4-2/h13-14H,3-8H2,1-2H3. The highest BCUT2D eigenvalue weighted by Gasteiger charge is 2.22. The van der Waals surface area contributed by atoms with Crippen LogP contribution in [0.3, 0.4) is 0 Å². The maximum absolute atomic E-state index is 11.8. The van der Waals surface area contributed by atoms with E-state index in [1.807, 2.05) is 0 Å². The van der Waals surface area contributed by atoms with Gasteiger partial charge in [0.2, 0.25) is 11.6 Å². The van der Waals surface area contributed by atoms with Crippen LogP contribution in [0.5, 0.6) is 0 Å². The van der Waals surface area contributed by atoms with Crippen LogP contribution in [0.2, 0.25) is 0 Å². The van der Waals surface area contributed by atoms with Crippen molar-refractivity contribution in [2.75, 3.05) is 0 Å². The molecular formula is C18H20O4. The van der Waals surface area contributed by atoms with E-state index in [1.54, 1.807) is 0 Å². The number of hydrogen-bond donors (Lipinski definition) is 0. The van der Waals surface area contributed by atoms with E-state index >= 15 is 0 Å². The molecule has 0 aliphatic heterocycles. The van der Waals surface area contributed by atoms with Crippen molar-refractivity contribution in [2.24, 2.45) is 0 Å². The van der Waals surface area contributed by atoms with E-state index < -0.39 is 11.6 Å². The third-order valence-corrected chi connectivity index (χ3v) is 2.79. The van der Waals surface area contributed by atoms with Crippen molar-refractivity contribution in [3.05, 3.63) is 23.7 Å². The zero-order chi connectivity index (χ0) is 16.2. The Kier molecular flexibility index (Phi) is 8.23. The number of allylic oxidation sites excluding steroid dienone is 2. The minimum Gasteiger partial charge on any atom is -0.403 e. The summed E-state index contributed by atoms with van der Waals surface area (Å²) in [6.07, 6.45) is 12.4. The summed E-state index contributed by atoms with van der Waals surface area (Å²) >= 11 is 0. The Labute approximate surface area is 131 Å². The van der Waals surface area contributed by atoms with Gasteiger partial charge in [-0.25, -0.2) is 0 Å². The van der Waals surface area contributed by atoms with E-state index in [0.29, 0.717) is 12.8 Å². The molecule has 0 heterocycles. The zero-order valence-corrected chi connectivity index (χ0v) is 13.0. The van der Waals surface area contributed by atoms with Crippen molar-refractivity contribution in [3.8, 4) is 24.1 Å². The zero-order valence-electron chi connectivity index (χ0n) is 13.0. The van der Waals surface area contributed by atoms with Gasteiger partial charge in [0.15, 0.2) is 11.5 Å². The molecule has 4 nitrogen and oxygen atoms in total. The van der Waals surface area contributed by atoms with Crippen molar-refractivity contribution in [3.63, 3.8) is 0 Å². The highest BCUT2D eigenvalue weighted by Crippen LogP contribution is 2.13. The highest BCUT2D eigenvalue weighted by molar-refractivity contribution is 6.18. The molecule has 0 bridgehead atoms. The van der Waals surface area contributed by atoms with Crippen LogP contribution in [-0.2, 0) is 19.1 Å². The molecule has 22 heavy (non-hydrogen) atoms. The van der Waals surface area contributed by atoms with Gasteiger partial charge in [-0.3, -0.25) is 9.59 Å². The molecule has 0 aromatic carbocycles. The normalized spacial score (nSPS) is 13.2. The van der Waals surface area contributed by atoms with Gasteiger partial charge in [0.1, 0.15) is 12.2 Å². The lowest BCUT2D eigenvalue weighted by Gasteiger charge is -2.07. The van der Waals surface area contributed by atoms with Crippen molar-refractivity contribution < 1.29 is 19.1 Å². The van der Waals surface area contributed by atoms with Gasteiger partial charge < -0.3 is 9.47 Å². The molecule has 0 aromatic heterocycles. The van der Waals surface area contributed by atoms with Gasteiger partial charge in [-0.2, -0.15) is 0 Å². The molecule has 0 radical (unpaired) electrons. The van der Waals surface area contributed by atoms with Crippen molar-refractivity contribution >= 4 is 11.6 Å². The largest absolute Gasteiger partial charge is 0.403 e. The summed E-state index contributed by atoms with van der Waals surface area (Å²) in [5.41, 5.74) is 0.